The van der Waals surface area contributed by atoms with Crippen LogP contribution in [0.5, 0.6) is 0 Å². The Balaban J connectivity index is 3.33. The Morgan fingerprint density at radius 3 is 2.25 bits per heavy atom. The van der Waals surface area contributed by atoms with Crippen molar-refractivity contribution >= 4 is 19.4 Å². The maximum atomic E-state index is 11.1. The first-order valence-corrected chi connectivity index (χ1v) is 8.47. The molecule has 0 aliphatic heterocycles. The van der Waals surface area contributed by atoms with Gasteiger partial charge in [-0.05, 0) is 12.5 Å². The van der Waals surface area contributed by atoms with E-state index >= 15 is 0 Å². The van der Waals surface area contributed by atoms with Crippen molar-refractivity contribution in [1.29, 1.82) is 0 Å². The molecule has 97 valence electrons. The van der Waals surface area contributed by atoms with E-state index < -0.39 is 19.4 Å². The number of nitrogens with one attached hydrogen (secondary N) is 1. The molecule has 0 atom stereocenters. The summed E-state index contributed by atoms with van der Waals surface area (Å²) in [5.74, 6) is 0.0167. The molecule has 0 amide bonds. The van der Waals surface area contributed by atoms with Crippen molar-refractivity contribution in [3.05, 3.63) is 0 Å². The summed E-state index contributed by atoms with van der Waals surface area (Å²) in [6, 6.07) is 0.478. The molecule has 0 spiro atoms. The lowest BCUT2D eigenvalue weighted by Gasteiger charge is -2.03. The fourth-order valence-corrected chi connectivity index (χ4v) is 2.72. The second kappa shape index (κ2) is 9.08. The molecule has 0 aliphatic carbocycles. The van der Waals surface area contributed by atoms with Crippen LogP contribution in [0, 0.1) is 0 Å². The van der Waals surface area contributed by atoms with Crippen LogP contribution >= 0.6 is 0 Å². The van der Waals surface area contributed by atoms with Crippen molar-refractivity contribution in [3.8, 4) is 0 Å². The van der Waals surface area contributed by atoms with Crippen molar-refractivity contribution in [3.63, 3.8) is 0 Å². The molecule has 0 saturated carbocycles. The van der Waals surface area contributed by atoms with Gasteiger partial charge in [0.15, 0.2) is 0 Å². The number of rotatable bonds is 10. The summed E-state index contributed by atoms with van der Waals surface area (Å²) in [5.41, 5.74) is 2.14. The lowest BCUT2D eigenvalue weighted by Crippen LogP contribution is -2.18. The number of hydroxylamine groups is 1. The number of unbranched alkanes of at least 4 members (excludes halogenated alkanes) is 4. The molecule has 16 heavy (non-hydrogen) atoms. The smallest absolute Gasteiger partial charge is 0.378 e. The summed E-state index contributed by atoms with van der Waals surface area (Å²) in [6.07, 6.45) is 3.98. The van der Waals surface area contributed by atoms with Crippen LogP contribution in [0.15, 0.2) is 0 Å². The van der Waals surface area contributed by atoms with Crippen LogP contribution in [0.2, 0.25) is 6.04 Å². The molecular formula is C8H20NO5SSi. The highest BCUT2D eigenvalue weighted by Crippen LogP contribution is 2.07. The predicted molar refractivity (Wildman–Crippen MR) is 62.0 cm³/mol. The van der Waals surface area contributed by atoms with Crippen LogP contribution in [0.1, 0.15) is 32.1 Å². The summed E-state index contributed by atoms with van der Waals surface area (Å²) in [6.45, 7) is 0. The Kier molecular flexibility index (Phi) is 9.08. The first kappa shape index (κ1) is 16.0. The Bertz CT molecular complexity index is 257. The van der Waals surface area contributed by atoms with Gasteiger partial charge in [0.2, 0.25) is 0 Å². The fourth-order valence-electron chi connectivity index (χ4n) is 1.26. The zero-order valence-electron chi connectivity index (χ0n) is 9.48. The van der Waals surface area contributed by atoms with Gasteiger partial charge in [-0.25, -0.2) is 0 Å². The lowest BCUT2D eigenvalue weighted by molar-refractivity contribution is 0.231. The molecule has 0 rings (SSSR count). The van der Waals surface area contributed by atoms with Crippen molar-refractivity contribution in [2.24, 2.45) is 0 Å². The van der Waals surface area contributed by atoms with Gasteiger partial charge in [0, 0.05) is 7.05 Å². The minimum atomic E-state index is -3.42. The van der Waals surface area contributed by atoms with Gasteiger partial charge in [-0.3, -0.25) is 0 Å². The molecule has 8 heteroatoms. The Hall–Kier alpha value is 0.00688. The normalized spacial score (nSPS) is 12.2. The molecule has 0 heterocycles. The topological polar surface area (TPSA) is 95.9 Å². The quantitative estimate of drug-likeness (QED) is 0.291. The van der Waals surface area contributed by atoms with E-state index in [1.165, 1.54) is 7.05 Å². The van der Waals surface area contributed by atoms with Gasteiger partial charge in [-0.2, -0.15) is 18.2 Å². The van der Waals surface area contributed by atoms with Crippen molar-refractivity contribution in [1.82, 2.24) is 5.48 Å². The first-order valence-electron chi connectivity index (χ1n) is 5.29. The van der Waals surface area contributed by atoms with E-state index in [2.05, 4.69) is 9.76 Å². The van der Waals surface area contributed by atoms with E-state index in [0.717, 1.165) is 25.7 Å². The first-order chi connectivity index (χ1) is 7.48. The van der Waals surface area contributed by atoms with Crippen LogP contribution in [-0.2, 0) is 14.4 Å². The van der Waals surface area contributed by atoms with Crippen molar-refractivity contribution in [2.75, 3.05) is 12.8 Å². The van der Waals surface area contributed by atoms with Crippen LogP contribution in [-0.4, -0.2) is 40.1 Å². The second-order valence-electron chi connectivity index (χ2n) is 3.48. The van der Waals surface area contributed by atoms with Crippen LogP contribution < -0.4 is 5.48 Å². The van der Waals surface area contributed by atoms with Gasteiger partial charge in [-0.1, -0.05) is 25.7 Å². The number of hydrogen-bond acceptors (Lipinski definition) is 6. The molecule has 0 unspecified atom stereocenters. The summed E-state index contributed by atoms with van der Waals surface area (Å²) in [7, 11) is -4.10. The van der Waals surface area contributed by atoms with E-state index in [9.17, 15) is 8.42 Å². The highest BCUT2D eigenvalue weighted by Gasteiger charge is 2.09. The maximum Gasteiger partial charge on any atom is 0.378 e. The minimum Gasteiger partial charge on any atom is -0.410 e. The zero-order valence-corrected chi connectivity index (χ0v) is 11.3. The third kappa shape index (κ3) is 10.5. The summed E-state index contributed by atoms with van der Waals surface area (Å²) >= 11 is 0. The molecular weight excluding hydrogens is 250 g/mol. The molecule has 0 aliphatic rings. The van der Waals surface area contributed by atoms with Gasteiger partial charge in [0.25, 0.3) is 10.1 Å². The molecule has 0 aromatic rings. The molecule has 6 nitrogen and oxygen atoms in total. The Morgan fingerprint density at radius 2 is 1.69 bits per heavy atom. The molecule has 0 fully saturated rings. The van der Waals surface area contributed by atoms with Gasteiger partial charge >= 0.3 is 9.28 Å². The summed E-state index contributed by atoms with van der Waals surface area (Å²) in [5, 5.41) is 0. The Labute approximate surface area is 98.6 Å². The van der Waals surface area contributed by atoms with E-state index in [4.69, 9.17) is 9.59 Å². The molecule has 0 saturated heterocycles. The zero-order chi connectivity index (χ0) is 12.4. The highest BCUT2D eigenvalue weighted by molar-refractivity contribution is 7.86. The second-order valence-corrected chi connectivity index (χ2v) is 6.51. The van der Waals surface area contributed by atoms with Crippen molar-refractivity contribution < 1.29 is 22.3 Å². The maximum absolute atomic E-state index is 11.1. The monoisotopic (exact) mass is 270 g/mol. The van der Waals surface area contributed by atoms with Crippen LogP contribution in [0.25, 0.3) is 0 Å². The third-order valence-electron chi connectivity index (χ3n) is 2.01. The summed E-state index contributed by atoms with van der Waals surface area (Å²) < 4.78 is 26.5. The van der Waals surface area contributed by atoms with E-state index in [1.54, 1.807) is 0 Å². The number of hydrogen-bond donors (Lipinski definition) is 3. The third-order valence-corrected chi connectivity index (χ3v) is 4.02. The van der Waals surface area contributed by atoms with Crippen LogP contribution in [0.4, 0.5) is 0 Å². The molecule has 0 aromatic heterocycles. The standard InChI is InChI=1S/C8H20NO5SSi/c1-9-14-15(10,11)7-5-3-2-4-6-8-16(12)13/h9,12-13H,2-8H2,1H3. The summed E-state index contributed by atoms with van der Waals surface area (Å²) in [4.78, 5) is 17.4. The molecule has 3 N–H and O–H groups in total. The average molecular weight is 270 g/mol. The molecule has 0 aromatic carbocycles. The van der Waals surface area contributed by atoms with Gasteiger partial charge in [-0.15, -0.1) is 0 Å². The van der Waals surface area contributed by atoms with Gasteiger partial charge in [0.05, 0.1) is 5.75 Å². The van der Waals surface area contributed by atoms with E-state index in [1.807, 2.05) is 0 Å². The average Bonchev–Trinajstić information content (AvgIpc) is 2.15. The highest BCUT2D eigenvalue weighted by atomic mass is 32.2. The van der Waals surface area contributed by atoms with Gasteiger partial charge in [0.1, 0.15) is 0 Å². The minimum absolute atomic E-state index is 0.0167. The van der Waals surface area contributed by atoms with E-state index in [0.29, 0.717) is 12.5 Å². The molecule has 0 bridgehead atoms. The lowest BCUT2D eigenvalue weighted by atomic mass is 10.2. The SMILES string of the molecule is CNOS(=O)(=O)CCCCCCC[Si](O)O. The Morgan fingerprint density at radius 1 is 1.12 bits per heavy atom. The molecule has 1 radical (unpaired) electrons. The largest absolute Gasteiger partial charge is 0.410 e. The van der Waals surface area contributed by atoms with Gasteiger partial charge < -0.3 is 9.59 Å². The predicted octanol–water partition coefficient (Wildman–Crippen LogP) is -0.110. The fraction of sp³-hybridized carbons (Fsp3) is 1.00. The van der Waals surface area contributed by atoms with Crippen molar-refractivity contribution in [2.45, 2.75) is 38.1 Å². The van der Waals surface area contributed by atoms with Crippen LogP contribution in [0.3, 0.4) is 0 Å². The van der Waals surface area contributed by atoms with E-state index in [-0.39, 0.29) is 5.75 Å².